The lowest BCUT2D eigenvalue weighted by molar-refractivity contribution is -0.274. The Bertz CT molecular complexity index is 606. The first-order valence-electron chi connectivity index (χ1n) is 7.91. The van der Waals surface area contributed by atoms with Crippen molar-refractivity contribution in [2.24, 2.45) is 5.92 Å². The molecule has 8 heteroatoms. The van der Waals surface area contributed by atoms with Crippen LogP contribution in [0.4, 0.5) is 18.9 Å². The number of aliphatic hydroxyl groups excluding tert-OH is 1. The molecule has 0 radical (unpaired) electrons. The van der Waals surface area contributed by atoms with E-state index in [0.29, 0.717) is 18.7 Å². The molecule has 1 aromatic rings. The van der Waals surface area contributed by atoms with Crippen molar-refractivity contribution in [3.63, 3.8) is 0 Å². The van der Waals surface area contributed by atoms with Gasteiger partial charge in [0.25, 0.3) is 0 Å². The van der Waals surface area contributed by atoms with Crippen LogP contribution in [0.2, 0.25) is 0 Å². The van der Waals surface area contributed by atoms with Crippen LogP contribution in [0.5, 0.6) is 5.75 Å². The maximum Gasteiger partial charge on any atom is 0.573 e. The summed E-state index contributed by atoms with van der Waals surface area (Å²) in [4.78, 5) is 14.0. The lowest BCUT2D eigenvalue weighted by atomic mass is 9.80. The number of benzene rings is 1. The zero-order valence-corrected chi connectivity index (χ0v) is 12.9. The monoisotopic (exact) mass is 344 g/mol. The number of anilines is 1. The highest BCUT2D eigenvalue weighted by molar-refractivity contribution is 5.99. The van der Waals surface area contributed by atoms with Gasteiger partial charge in [-0.15, -0.1) is 13.2 Å². The molecule has 132 valence electrons. The zero-order valence-electron chi connectivity index (χ0n) is 12.9. The summed E-state index contributed by atoms with van der Waals surface area (Å²) in [6.45, 7) is 0.529. The Hall–Kier alpha value is -1.80. The topological polar surface area (TPSA) is 61.8 Å². The number of nitrogens with one attached hydrogen (secondary N) is 1. The minimum absolute atomic E-state index is 0.0963. The molecule has 24 heavy (non-hydrogen) atoms. The van der Waals surface area contributed by atoms with E-state index in [1.54, 1.807) is 6.07 Å². The van der Waals surface area contributed by atoms with Crippen molar-refractivity contribution in [3.05, 3.63) is 24.3 Å². The lowest BCUT2D eigenvalue weighted by Gasteiger charge is -2.37. The number of aliphatic hydroxyl groups is 1. The second-order valence-corrected chi connectivity index (χ2v) is 6.17. The van der Waals surface area contributed by atoms with Crippen LogP contribution in [-0.4, -0.2) is 42.6 Å². The highest BCUT2D eigenvalue weighted by Gasteiger charge is 2.38. The molecule has 0 spiro atoms. The number of amides is 1. The van der Waals surface area contributed by atoms with Crippen molar-refractivity contribution in [3.8, 4) is 5.75 Å². The lowest BCUT2D eigenvalue weighted by Crippen LogP contribution is -2.52. The maximum atomic E-state index is 12.5. The van der Waals surface area contributed by atoms with Crippen LogP contribution in [0.3, 0.4) is 0 Å². The molecular weight excluding hydrogens is 325 g/mol. The number of carbonyl (C=O) groups excluding carboxylic acids is 1. The van der Waals surface area contributed by atoms with Gasteiger partial charge in [0.1, 0.15) is 5.75 Å². The molecule has 1 aromatic carbocycles. The number of hydrogen-bond acceptors (Lipinski definition) is 4. The first kappa shape index (κ1) is 17.0. The van der Waals surface area contributed by atoms with Crippen molar-refractivity contribution in [1.82, 2.24) is 5.32 Å². The molecule has 1 saturated carbocycles. The predicted octanol–water partition coefficient (Wildman–Crippen LogP) is 2.05. The number of nitrogens with zero attached hydrogens (tertiary/aromatic N) is 1. The quantitative estimate of drug-likeness (QED) is 0.858. The van der Waals surface area contributed by atoms with Crippen LogP contribution in [0, 0.1) is 5.92 Å². The Morgan fingerprint density at radius 3 is 2.71 bits per heavy atom. The minimum Gasteiger partial charge on any atom is -0.406 e. The van der Waals surface area contributed by atoms with Crippen LogP contribution < -0.4 is 15.0 Å². The molecular formula is C16H19F3N2O3. The third-order valence-corrected chi connectivity index (χ3v) is 4.64. The van der Waals surface area contributed by atoms with Gasteiger partial charge < -0.3 is 20.1 Å². The van der Waals surface area contributed by atoms with E-state index in [2.05, 4.69) is 10.1 Å². The van der Waals surface area contributed by atoms with Crippen molar-refractivity contribution in [2.75, 3.05) is 18.1 Å². The van der Waals surface area contributed by atoms with Crippen molar-refractivity contribution < 1.29 is 27.8 Å². The molecule has 3 atom stereocenters. The van der Waals surface area contributed by atoms with Gasteiger partial charge in [-0.3, -0.25) is 4.79 Å². The molecule has 2 aliphatic rings. The third-order valence-electron chi connectivity index (χ3n) is 4.64. The Morgan fingerprint density at radius 2 is 2.08 bits per heavy atom. The van der Waals surface area contributed by atoms with Crippen molar-refractivity contribution in [1.29, 1.82) is 0 Å². The van der Waals surface area contributed by atoms with E-state index in [4.69, 9.17) is 0 Å². The summed E-state index contributed by atoms with van der Waals surface area (Å²) in [5, 5.41) is 12.5. The van der Waals surface area contributed by atoms with Gasteiger partial charge in [-0.25, -0.2) is 0 Å². The molecule has 3 unspecified atom stereocenters. The number of ether oxygens (including phenoxy) is 1. The summed E-state index contributed by atoms with van der Waals surface area (Å²) in [5.74, 6) is -0.332. The largest absolute Gasteiger partial charge is 0.573 e. The second-order valence-electron chi connectivity index (χ2n) is 6.17. The fourth-order valence-corrected chi connectivity index (χ4v) is 3.20. The van der Waals surface area contributed by atoms with Crippen LogP contribution in [0.1, 0.15) is 19.3 Å². The highest BCUT2D eigenvalue weighted by atomic mass is 19.4. The SMILES string of the molecule is O=C1C(NC2CCC2CO)CCN1c1cccc(OC(F)(F)F)c1. The molecule has 2 fully saturated rings. The predicted molar refractivity (Wildman–Crippen MR) is 80.6 cm³/mol. The fourth-order valence-electron chi connectivity index (χ4n) is 3.20. The summed E-state index contributed by atoms with van der Waals surface area (Å²) >= 11 is 0. The molecule has 1 heterocycles. The summed E-state index contributed by atoms with van der Waals surface area (Å²) in [5.41, 5.74) is 0.387. The average Bonchev–Trinajstić information content (AvgIpc) is 2.84. The van der Waals surface area contributed by atoms with Gasteiger partial charge in [0.05, 0.1) is 6.04 Å². The van der Waals surface area contributed by atoms with Gasteiger partial charge in [0.2, 0.25) is 5.91 Å². The molecule has 3 rings (SSSR count). The molecule has 1 aliphatic carbocycles. The Morgan fingerprint density at radius 1 is 1.29 bits per heavy atom. The van der Waals surface area contributed by atoms with E-state index in [-0.39, 0.29) is 36.3 Å². The average molecular weight is 344 g/mol. The van der Waals surface area contributed by atoms with E-state index in [1.807, 2.05) is 0 Å². The molecule has 1 saturated heterocycles. The Balaban J connectivity index is 1.65. The van der Waals surface area contributed by atoms with E-state index in [1.165, 1.54) is 23.1 Å². The first-order chi connectivity index (χ1) is 11.4. The number of carbonyl (C=O) groups is 1. The van der Waals surface area contributed by atoms with Crippen molar-refractivity contribution >= 4 is 11.6 Å². The van der Waals surface area contributed by atoms with Crippen LogP contribution >= 0.6 is 0 Å². The van der Waals surface area contributed by atoms with Crippen LogP contribution in [0.25, 0.3) is 0 Å². The van der Waals surface area contributed by atoms with Gasteiger partial charge in [0, 0.05) is 30.9 Å². The fraction of sp³-hybridized carbons (Fsp3) is 0.562. The van der Waals surface area contributed by atoms with Gasteiger partial charge in [0.15, 0.2) is 0 Å². The van der Waals surface area contributed by atoms with Gasteiger partial charge in [-0.2, -0.15) is 0 Å². The van der Waals surface area contributed by atoms with E-state index < -0.39 is 6.36 Å². The Labute approximate surface area is 137 Å². The molecule has 1 aliphatic heterocycles. The highest BCUT2D eigenvalue weighted by Crippen LogP contribution is 2.31. The van der Waals surface area contributed by atoms with Gasteiger partial charge in [-0.1, -0.05) is 6.07 Å². The van der Waals surface area contributed by atoms with Crippen LogP contribution in [-0.2, 0) is 4.79 Å². The van der Waals surface area contributed by atoms with E-state index >= 15 is 0 Å². The van der Waals surface area contributed by atoms with E-state index in [0.717, 1.165) is 12.8 Å². The smallest absolute Gasteiger partial charge is 0.406 e. The van der Waals surface area contributed by atoms with Gasteiger partial charge in [-0.05, 0) is 37.3 Å². The second kappa shape index (κ2) is 6.60. The standard InChI is InChI=1S/C16H19F3N2O3/c17-16(18,19)24-12-3-1-2-11(8-12)21-7-6-14(15(21)23)20-13-5-4-10(13)9-22/h1-3,8,10,13-14,20,22H,4-7,9H2. The van der Waals surface area contributed by atoms with Crippen molar-refractivity contribution in [2.45, 2.75) is 37.7 Å². The molecule has 1 amide bonds. The summed E-state index contributed by atoms with van der Waals surface area (Å²) in [7, 11) is 0. The molecule has 2 N–H and O–H groups in total. The number of alkyl halides is 3. The summed E-state index contributed by atoms with van der Waals surface area (Å²) < 4.78 is 40.8. The molecule has 0 aromatic heterocycles. The van der Waals surface area contributed by atoms with Crippen LogP contribution in [0.15, 0.2) is 24.3 Å². The minimum atomic E-state index is -4.76. The van der Waals surface area contributed by atoms with Gasteiger partial charge >= 0.3 is 6.36 Å². The number of halogens is 3. The first-order valence-corrected chi connectivity index (χ1v) is 7.91. The number of hydrogen-bond donors (Lipinski definition) is 2. The Kier molecular flexibility index (Phi) is 4.69. The molecule has 5 nitrogen and oxygen atoms in total. The normalized spacial score (nSPS) is 27.2. The summed E-state index contributed by atoms with van der Waals surface area (Å²) in [6.07, 6.45) is -2.32. The van der Waals surface area contributed by atoms with E-state index in [9.17, 15) is 23.1 Å². The molecule has 0 bridgehead atoms. The number of rotatable bonds is 5. The maximum absolute atomic E-state index is 12.5. The third kappa shape index (κ3) is 3.64. The summed E-state index contributed by atoms with van der Waals surface area (Å²) in [6, 6.07) is 5.20. The zero-order chi connectivity index (χ0) is 17.3.